The summed E-state index contributed by atoms with van der Waals surface area (Å²) < 4.78 is 13.0. The molecule has 3 rings (SSSR count). The van der Waals surface area contributed by atoms with Gasteiger partial charge in [0.2, 0.25) is 0 Å². The fourth-order valence-electron chi connectivity index (χ4n) is 2.64. The van der Waals surface area contributed by atoms with Crippen LogP contribution in [0.3, 0.4) is 0 Å². The molecule has 1 fully saturated rings. The van der Waals surface area contributed by atoms with Crippen LogP contribution in [0.25, 0.3) is 0 Å². The summed E-state index contributed by atoms with van der Waals surface area (Å²) in [5.74, 6) is 6.00. The quantitative estimate of drug-likeness (QED) is 0.664. The van der Waals surface area contributed by atoms with Crippen molar-refractivity contribution < 1.29 is 4.39 Å². The van der Waals surface area contributed by atoms with Crippen LogP contribution in [0.1, 0.15) is 48.0 Å². The fourth-order valence-corrected chi connectivity index (χ4v) is 2.64. The van der Waals surface area contributed by atoms with Crippen molar-refractivity contribution in [3.63, 3.8) is 0 Å². The zero-order chi connectivity index (χ0) is 13.9. The summed E-state index contributed by atoms with van der Waals surface area (Å²) in [6.45, 7) is 0. The number of halogens is 1. The minimum Gasteiger partial charge on any atom is -0.271 e. The van der Waals surface area contributed by atoms with Crippen molar-refractivity contribution in [2.24, 2.45) is 5.84 Å². The number of hydrogen-bond donors (Lipinski definition) is 2. The van der Waals surface area contributed by atoms with Gasteiger partial charge in [-0.15, -0.1) is 0 Å². The van der Waals surface area contributed by atoms with E-state index in [0.717, 1.165) is 11.3 Å². The van der Waals surface area contributed by atoms with Gasteiger partial charge in [-0.05, 0) is 42.0 Å². The van der Waals surface area contributed by atoms with Gasteiger partial charge in [0.1, 0.15) is 5.82 Å². The summed E-state index contributed by atoms with van der Waals surface area (Å²) in [4.78, 5) is 4.12. The van der Waals surface area contributed by atoms with Crippen LogP contribution in [0.2, 0.25) is 0 Å². The number of nitrogens with one attached hydrogen (secondary N) is 1. The van der Waals surface area contributed by atoms with Crippen LogP contribution in [0.5, 0.6) is 0 Å². The number of pyridine rings is 1. The summed E-state index contributed by atoms with van der Waals surface area (Å²) in [5, 5.41) is 0. The van der Waals surface area contributed by atoms with E-state index >= 15 is 0 Å². The Hall–Kier alpha value is -1.78. The molecule has 2 aromatic rings. The van der Waals surface area contributed by atoms with E-state index in [1.54, 1.807) is 6.07 Å². The second-order valence-corrected chi connectivity index (χ2v) is 5.30. The molecule has 1 aromatic carbocycles. The number of hydrazine groups is 1. The maximum absolute atomic E-state index is 13.0. The van der Waals surface area contributed by atoms with E-state index in [1.807, 2.05) is 6.07 Å². The number of nitrogens with two attached hydrogens (primary N) is 1. The first kappa shape index (κ1) is 13.2. The molecule has 0 spiro atoms. The Morgan fingerprint density at radius 3 is 2.70 bits per heavy atom. The molecule has 3 nitrogen and oxygen atoms in total. The Morgan fingerprint density at radius 1 is 1.25 bits per heavy atom. The SMILES string of the molecule is NNC(c1cccc(C2CCC2)c1)c1ccc(F)cn1. The monoisotopic (exact) mass is 271 g/mol. The molecule has 0 radical (unpaired) electrons. The molecule has 1 aromatic heterocycles. The van der Waals surface area contributed by atoms with Gasteiger partial charge in [-0.25, -0.2) is 9.82 Å². The zero-order valence-electron chi connectivity index (χ0n) is 11.2. The predicted octanol–water partition coefficient (Wildman–Crippen LogP) is 3.04. The lowest BCUT2D eigenvalue weighted by Gasteiger charge is -2.27. The average molecular weight is 271 g/mol. The molecule has 1 heterocycles. The number of benzene rings is 1. The van der Waals surface area contributed by atoms with Gasteiger partial charge in [0.05, 0.1) is 17.9 Å². The second kappa shape index (κ2) is 5.69. The van der Waals surface area contributed by atoms with Crippen LogP contribution < -0.4 is 11.3 Å². The highest BCUT2D eigenvalue weighted by molar-refractivity contribution is 5.33. The lowest BCUT2D eigenvalue weighted by molar-refractivity contribution is 0.419. The molecule has 1 aliphatic rings. The van der Waals surface area contributed by atoms with Gasteiger partial charge in [0.15, 0.2) is 0 Å². The van der Waals surface area contributed by atoms with Crippen LogP contribution in [0.4, 0.5) is 4.39 Å². The highest BCUT2D eigenvalue weighted by Crippen LogP contribution is 2.37. The summed E-state index contributed by atoms with van der Waals surface area (Å²) in [6, 6.07) is 11.3. The van der Waals surface area contributed by atoms with Gasteiger partial charge < -0.3 is 0 Å². The molecule has 1 atom stereocenters. The van der Waals surface area contributed by atoms with Crippen molar-refractivity contribution in [1.82, 2.24) is 10.4 Å². The molecule has 1 unspecified atom stereocenters. The van der Waals surface area contributed by atoms with Crippen molar-refractivity contribution in [3.8, 4) is 0 Å². The van der Waals surface area contributed by atoms with E-state index in [2.05, 4.69) is 28.6 Å². The standard InChI is InChI=1S/C16H18FN3/c17-14-7-8-15(19-10-14)16(20-18)13-6-2-5-12(9-13)11-3-1-4-11/h2,5-11,16,20H,1,3-4,18H2. The fraction of sp³-hybridized carbons (Fsp3) is 0.312. The second-order valence-electron chi connectivity index (χ2n) is 5.30. The van der Waals surface area contributed by atoms with Gasteiger partial charge >= 0.3 is 0 Å². The third-order valence-electron chi connectivity index (χ3n) is 4.03. The van der Waals surface area contributed by atoms with Gasteiger partial charge in [-0.2, -0.15) is 0 Å². The molecule has 3 N–H and O–H groups in total. The van der Waals surface area contributed by atoms with E-state index in [0.29, 0.717) is 5.92 Å². The Labute approximate surface area is 118 Å². The van der Waals surface area contributed by atoms with Gasteiger partial charge in [0.25, 0.3) is 0 Å². The largest absolute Gasteiger partial charge is 0.271 e. The first-order valence-corrected chi connectivity index (χ1v) is 6.95. The summed E-state index contributed by atoms with van der Waals surface area (Å²) in [7, 11) is 0. The molecule has 0 amide bonds. The molecule has 0 bridgehead atoms. The van der Waals surface area contributed by atoms with Crippen molar-refractivity contribution >= 4 is 0 Å². The topological polar surface area (TPSA) is 50.9 Å². The Morgan fingerprint density at radius 2 is 2.10 bits per heavy atom. The maximum atomic E-state index is 13.0. The summed E-state index contributed by atoms with van der Waals surface area (Å²) in [5.41, 5.74) is 5.92. The van der Waals surface area contributed by atoms with Crippen molar-refractivity contribution in [3.05, 3.63) is 65.2 Å². The molecular weight excluding hydrogens is 253 g/mol. The van der Waals surface area contributed by atoms with E-state index < -0.39 is 0 Å². The van der Waals surface area contributed by atoms with E-state index in [9.17, 15) is 4.39 Å². The van der Waals surface area contributed by atoms with E-state index in [1.165, 1.54) is 37.1 Å². The third-order valence-corrected chi connectivity index (χ3v) is 4.03. The minimum absolute atomic E-state index is 0.212. The predicted molar refractivity (Wildman–Crippen MR) is 76.4 cm³/mol. The third kappa shape index (κ3) is 2.57. The lowest BCUT2D eigenvalue weighted by atomic mass is 9.79. The van der Waals surface area contributed by atoms with E-state index in [-0.39, 0.29) is 11.9 Å². The lowest BCUT2D eigenvalue weighted by Crippen LogP contribution is -2.29. The number of nitrogens with zero attached hydrogens (tertiary/aromatic N) is 1. The molecule has 4 heteroatoms. The molecular formula is C16H18FN3. The van der Waals surface area contributed by atoms with Crippen molar-refractivity contribution in [1.29, 1.82) is 0 Å². The van der Waals surface area contributed by atoms with Crippen molar-refractivity contribution in [2.75, 3.05) is 0 Å². The van der Waals surface area contributed by atoms with Gasteiger partial charge in [0, 0.05) is 0 Å². The average Bonchev–Trinajstić information content (AvgIpc) is 2.40. The van der Waals surface area contributed by atoms with Crippen LogP contribution in [0, 0.1) is 5.82 Å². The highest BCUT2D eigenvalue weighted by Gasteiger charge is 2.21. The Kier molecular flexibility index (Phi) is 3.76. The summed E-state index contributed by atoms with van der Waals surface area (Å²) >= 11 is 0. The molecule has 104 valence electrons. The normalized spacial score (nSPS) is 16.7. The van der Waals surface area contributed by atoms with Crippen LogP contribution in [-0.2, 0) is 0 Å². The minimum atomic E-state index is -0.340. The molecule has 1 saturated carbocycles. The Bertz CT molecular complexity index is 579. The summed E-state index contributed by atoms with van der Waals surface area (Å²) in [6.07, 6.45) is 5.06. The molecule has 0 saturated heterocycles. The first-order valence-electron chi connectivity index (χ1n) is 6.95. The number of aromatic nitrogens is 1. The Balaban J connectivity index is 1.90. The zero-order valence-corrected chi connectivity index (χ0v) is 11.2. The van der Waals surface area contributed by atoms with Gasteiger partial charge in [-0.1, -0.05) is 30.7 Å². The van der Waals surface area contributed by atoms with E-state index in [4.69, 9.17) is 5.84 Å². The number of hydrogen-bond acceptors (Lipinski definition) is 3. The van der Waals surface area contributed by atoms with Crippen LogP contribution in [-0.4, -0.2) is 4.98 Å². The molecule has 1 aliphatic carbocycles. The highest BCUT2D eigenvalue weighted by atomic mass is 19.1. The maximum Gasteiger partial charge on any atom is 0.141 e. The van der Waals surface area contributed by atoms with Crippen LogP contribution >= 0.6 is 0 Å². The smallest absolute Gasteiger partial charge is 0.141 e. The van der Waals surface area contributed by atoms with Gasteiger partial charge in [-0.3, -0.25) is 10.8 Å². The molecule has 0 aliphatic heterocycles. The first-order chi connectivity index (χ1) is 9.78. The van der Waals surface area contributed by atoms with Crippen molar-refractivity contribution in [2.45, 2.75) is 31.2 Å². The number of rotatable bonds is 4. The molecule has 20 heavy (non-hydrogen) atoms. The van der Waals surface area contributed by atoms with Crippen LogP contribution in [0.15, 0.2) is 42.6 Å².